The van der Waals surface area contributed by atoms with Crippen LogP contribution in [0.2, 0.25) is 0 Å². The Balaban J connectivity index is 2.89. The maximum Gasteiger partial charge on any atom is 0.229 e. The number of pyridine rings is 1. The summed E-state index contributed by atoms with van der Waals surface area (Å²) >= 11 is 0. The summed E-state index contributed by atoms with van der Waals surface area (Å²) in [6.45, 7) is 6.58. The van der Waals surface area contributed by atoms with Crippen molar-refractivity contribution >= 4 is 11.6 Å². The van der Waals surface area contributed by atoms with Gasteiger partial charge in [0.05, 0.1) is 19.0 Å². The third kappa shape index (κ3) is 3.19. The Hall–Kier alpha value is -1.58. The van der Waals surface area contributed by atoms with Gasteiger partial charge in [-0.15, -0.1) is 0 Å². The van der Waals surface area contributed by atoms with Gasteiger partial charge in [0.2, 0.25) is 11.8 Å². The number of methoxy groups -OCH3 is 1. The first-order valence-corrected chi connectivity index (χ1v) is 5.95. The van der Waals surface area contributed by atoms with Crippen molar-refractivity contribution in [3.8, 4) is 5.88 Å². The van der Waals surface area contributed by atoms with Gasteiger partial charge in [-0.3, -0.25) is 4.79 Å². The second-order valence-electron chi connectivity index (χ2n) is 3.95. The monoisotopic (exact) mass is 236 g/mol. The fourth-order valence-corrected chi connectivity index (χ4v) is 1.56. The molecule has 1 heterocycles. The molecule has 0 aromatic carbocycles. The van der Waals surface area contributed by atoms with Gasteiger partial charge in [-0.2, -0.15) is 0 Å². The van der Waals surface area contributed by atoms with Gasteiger partial charge in [0.1, 0.15) is 0 Å². The SMILES string of the molecule is CCC(C)C(=O)N(CC)c1ccc(OC)nc1. The molecule has 0 spiro atoms. The van der Waals surface area contributed by atoms with Crippen LogP contribution in [-0.2, 0) is 4.79 Å². The van der Waals surface area contributed by atoms with Gasteiger partial charge in [-0.1, -0.05) is 13.8 Å². The van der Waals surface area contributed by atoms with E-state index in [-0.39, 0.29) is 11.8 Å². The summed E-state index contributed by atoms with van der Waals surface area (Å²) in [6, 6.07) is 3.62. The lowest BCUT2D eigenvalue weighted by Crippen LogP contribution is -2.34. The zero-order valence-corrected chi connectivity index (χ0v) is 10.9. The van der Waals surface area contributed by atoms with Crippen molar-refractivity contribution in [2.45, 2.75) is 27.2 Å². The van der Waals surface area contributed by atoms with E-state index in [2.05, 4.69) is 4.98 Å². The number of amides is 1. The molecule has 0 fully saturated rings. The molecule has 1 rings (SSSR count). The number of hydrogen-bond donors (Lipinski definition) is 0. The first kappa shape index (κ1) is 13.5. The molecular formula is C13H20N2O2. The van der Waals surface area contributed by atoms with Gasteiger partial charge in [-0.25, -0.2) is 4.98 Å². The van der Waals surface area contributed by atoms with Gasteiger partial charge in [0.15, 0.2) is 0 Å². The normalized spacial score (nSPS) is 12.0. The average Bonchev–Trinajstić information content (AvgIpc) is 2.39. The number of rotatable bonds is 5. The minimum atomic E-state index is 0.0389. The fraction of sp³-hybridized carbons (Fsp3) is 0.538. The molecule has 4 heteroatoms. The molecule has 1 unspecified atom stereocenters. The molecule has 0 saturated carbocycles. The van der Waals surface area contributed by atoms with E-state index in [4.69, 9.17) is 4.74 Å². The number of carbonyl (C=O) groups excluding carboxylic acids is 1. The van der Waals surface area contributed by atoms with Crippen molar-refractivity contribution in [2.24, 2.45) is 5.92 Å². The molecule has 17 heavy (non-hydrogen) atoms. The summed E-state index contributed by atoms with van der Waals surface area (Å²) in [4.78, 5) is 18.0. The van der Waals surface area contributed by atoms with E-state index >= 15 is 0 Å². The van der Waals surface area contributed by atoms with E-state index in [1.165, 1.54) is 0 Å². The van der Waals surface area contributed by atoms with Gasteiger partial charge in [-0.05, 0) is 19.4 Å². The van der Waals surface area contributed by atoms with Crippen LogP contribution in [0.3, 0.4) is 0 Å². The van der Waals surface area contributed by atoms with Crippen LogP contribution in [0.4, 0.5) is 5.69 Å². The predicted molar refractivity (Wildman–Crippen MR) is 68.3 cm³/mol. The van der Waals surface area contributed by atoms with Crippen LogP contribution in [0.15, 0.2) is 18.3 Å². The van der Waals surface area contributed by atoms with E-state index in [0.29, 0.717) is 12.4 Å². The average molecular weight is 236 g/mol. The second kappa shape index (κ2) is 6.23. The molecule has 1 atom stereocenters. The van der Waals surface area contributed by atoms with Crippen LogP contribution in [0.1, 0.15) is 27.2 Å². The minimum absolute atomic E-state index is 0.0389. The lowest BCUT2D eigenvalue weighted by molar-refractivity contribution is -0.121. The smallest absolute Gasteiger partial charge is 0.229 e. The lowest BCUT2D eigenvalue weighted by atomic mass is 10.1. The fourth-order valence-electron chi connectivity index (χ4n) is 1.56. The highest BCUT2D eigenvalue weighted by atomic mass is 16.5. The van der Waals surface area contributed by atoms with Gasteiger partial charge < -0.3 is 9.64 Å². The van der Waals surface area contributed by atoms with Crippen LogP contribution in [0.5, 0.6) is 5.88 Å². The Labute approximate surface area is 103 Å². The van der Waals surface area contributed by atoms with E-state index in [9.17, 15) is 4.79 Å². The topological polar surface area (TPSA) is 42.4 Å². The van der Waals surface area contributed by atoms with E-state index in [1.54, 1.807) is 24.3 Å². The van der Waals surface area contributed by atoms with Crippen molar-refractivity contribution in [1.29, 1.82) is 0 Å². The zero-order chi connectivity index (χ0) is 12.8. The highest BCUT2D eigenvalue weighted by molar-refractivity contribution is 5.94. The van der Waals surface area contributed by atoms with Gasteiger partial charge >= 0.3 is 0 Å². The van der Waals surface area contributed by atoms with E-state index in [0.717, 1.165) is 12.1 Å². The molecule has 0 bridgehead atoms. The molecule has 0 aliphatic heterocycles. The van der Waals surface area contributed by atoms with Crippen molar-refractivity contribution < 1.29 is 9.53 Å². The van der Waals surface area contributed by atoms with Gasteiger partial charge in [0, 0.05) is 18.5 Å². The summed E-state index contributed by atoms with van der Waals surface area (Å²) in [5.41, 5.74) is 0.818. The first-order chi connectivity index (χ1) is 8.13. The summed E-state index contributed by atoms with van der Waals surface area (Å²) in [7, 11) is 1.57. The van der Waals surface area contributed by atoms with E-state index in [1.807, 2.05) is 26.8 Å². The largest absolute Gasteiger partial charge is 0.481 e. The van der Waals surface area contributed by atoms with Crippen LogP contribution < -0.4 is 9.64 Å². The number of nitrogens with zero attached hydrogens (tertiary/aromatic N) is 2. The number of aromatic nitrogens is 1. The summed E-state index contributed by atoms with van der Waals surface area (Å²) in [5.74, 6) is 0.736. The van der Waals surface area contributed by atoms with Crippen molar-refractivity contribution in [2.75, 3.05) is 18.6 Å². The Kier molecular flexibility index (Phi) is 4.94. The highest BCUT2D eigenvalue weighted by Crippen LogP contribution is 2.19. The number of hydrogen-bond acceptors (Lipinski definition) is 3. The third-order valence-corrected chi connectivity index (χ3v) is 2.86. The Morgan fingerprint density at radius 2 is 2.18 bits per heavy atom. The Morgan fingerprint density at radius 3 is 2.59 bits per heavy atom. The van der Waals surface area contributed by atoms with Crippen LogP contribution in [0, 0.1) is 5.92 Å². The van der Waals surface area contributed by atoms with Crippen molar-refractivity contribution in [3.63, 3.8) is 0 Å². The van der Waals surface area contributed by atoms with Gasteiger partial charge in [0.25, 0.3) is 0 Å². The predicted octanol–water partition coefficient (Wildman–Crippen LogP) is 2.49. The summed E-state index contributed by atoms with van der Waals surface area (Å²) in [5, 5.41) is 0. The molecule has 1 amide bonds. The molecule has 94 valence electrons. The summed E-state index contributed by atoms with van der Waals surface area (Å²) < 4.78 is 5.00. The zero-order valence-electron chi connectivity index (χ0n) is 10.9. The molecule has 0 saturated heterocycles. The first-order valence-electron chi connectivity index (χ1n) is 5.95. The Bertz CT molecular complexity index is 362. The number of ether oxygens (including phenoxy) is 1. The molecule has 0 aliphatic rings. The maximum atomic E-state index is 12.1. The molecule has 4 nitrogen and oxygen atoms in total. The molecule has 1 aromatic heterocycles. The number of anilines is 1. The summed E-state index contributed by atoms with van der Waals surface area (Å²) in [6.07, 6.45) is 2.52. The maximum absolute atomic E-state index is 12.1. The molecular weight excluding hydrogens is 216 g/mol. The molecule has 0 aliphatic carbocycles. The minimum Gasteiger partial charge on any atom is -0.481 e. The quantitative estimate of drug-likeness (QED) is 0.788. The van der Waals surface area contributed by atoms with Crippen molar-refractivity contribution in [1.82, 2.24) is 4.98 Å². The van der Waals surface area contributed by atoms with Crippen LogP contribution in [0.25, 0.3) is 0 Å². The molecule has 1 aromatic rings. The van der Waals surface area contributed by atoms with E-state index < -0.39 is 0 Å². The third-order valence-electron chi connectivity index (χ3n) is 2.86. The highest BCUT2D eigenvalue weighted by Gasteiger charge is 2.19. The number of carbonyl (C=O) groups is 1. The molecule has 0 radical (unpaired) electrons. The van der Waals surface area contributed by atoms with Crippen LogP contribution in [-0.4, -0.2) is 24.5 Å². The lowest BCUT2D eigenvalue weighted by Gasteiger charge is -2.23. The van der Waals surface area contributed by atoms with Crippen molar-refractivity contribution in [3.05, 3.63) is 18.3 Å². The molecule has 0 N–H and O–H groups in total. The Morgan fingerprint density at radius 1 is 1.47 bits per heavy atom. The van der Waals surface area contributed by atoms with Crippen LogP contribution >= 0.6 is 0 Å². The second-order valence-corrected chi connectivity index (χ2v) is 3.95. The standard InChI is InChI=1S/C13H20N2O2/c1-5-10(3)13(16)15(6-2)11-7-8-12(17-4)14-9-11/h7-10H,5-6H2,1-4H3.